The number of aliphatic carboxylic acids is 1. The SMILES string of the molecule is COc1cccc(C(C)(CC(=O)O)NC(=O)COc2cc(C)ccc2F)c1. The zero-order valence-electron chi connectivity index (χ0n) is 15.4. The molecule has 2 aromatic carbocycles. The Morgan fingerprint density at radius 3 is 2.63 bits per heavy atom. The second kappa shape index (κ2) is 8.53. The van der Waals surface area contributed by atoms with E-state index in [0.29, 0.717) is 11.3 Å². The number of carboxylic acids is 1. The van der Waals surface area contributed by atoms with Crippen LogP contribution in [0.5, 0.6) is 11.5 Å². The van der Waals surface area contributed by atoms with Gasteiger partial charge in [-0.2, -0.15) is 0 Å². The number of carbonyl (C=O) groups excluding carboxylic acids is 1. The number of ether oxygens (including phenoxy) is 2. The van der Waals surface area contributed by atoms with Gasteiger partial charge in [0.15, 0.2) is 18.2 Å². The average Bonchev–Trinajstić information content (AvgIpc) is 2.61. The summed E-state index contributed by atoms with van der Waals surface area (Å²) in [4.78, 5) is 23.7. The fourth-order valence-electron chi connectivity index (χ4n) is 2.70. The van der Waals surface area contributed by atoms with Crippen LogP contribution in [0.2, 0.25) is 0 Å². The Morgan fingerprint density at radius 1 is 1.22 bits per heavy atom. The lowest BCUT2D eigenvalue weighted by Crippen LogP contribution is -2.46. The maximum Gasteiger partial charge on any atom is 0.306 e. The van der Waals surface area contributed by atoms with Gasteiger partial charge >= 0.3 is 5.97 Å². The molecule has 144 valence electrons. The van der Waals surface area contributed by atoms with E-state index in [9.17, 15) is 19.1 Å². The Kier molecular flexibility index (Phi) is 6.39. The Morgan fingerprint density at radius 2 is 1.96 bits per heavy atom. The fourth-order valence-corrected chi connectivity index (χ4v) is 2.70. The van der Waals surface area contributed by atoms with Gasteiger partial charge in [0.1, 0.15) is 5.75 Å². The van der Waals surface area contributed by atoms with Crippen LogP contribution in [0.3, 0.4) is 0 Å². The number of halogens is 1. The third-order valence-corrected chi connectivity index (χ3v) is 4.07. The molecule has 2 aromatic rings. The van der Waals surface area contributed by atoms with E-state index in [1.165, 1.54) is 19.2 Å². The smallest absolute Gasteiger partial charge is 0.306 e. The molecular formula is C20H22FNO5. The van der Waals surface area contributed by atoms with Gasteiger partial charge < -0.3 is 19.9 Å². The molecule has 0 heterocycles. The van der Waals surface area contributed by atoms with Gasteiger partial charge in [-0.15, -0.1) is 0 Å². The lowest BCUT2D eigenvalue weighted by molar-refractivity contribution is -0.139. The summed E-state index contributed by atoms with van der Waals surface area (Å²) in [5.74, 6) is -1.72. The molecule has 0 spiro atoms. The van der Waals surface area contributed by atoms with Gasteiger partial charge in [0.25, 0.3) is 5.91 Å². The standard InChI is InChI=1S/C20H22FNO5/c1-13-7-8-16(21)17(9-13)27-12-18(23)22-20(2,11-19(24)25)14-5-4-6-15(10-14)26-3/h4-10H,11-12H2,1-3H3,(H,22,23)(H,24,25). The van der Waals surface area contributed by atoms with Gasteiger partial charge in [0.2, 0.25) is 0 Å². The van der Waals surface area contributed by atoms with E-state index in [1.54, 1.807) is 44.2 Å². The van der Waals surface area contributed by atoms with Crippen molar-refractivity contribution in [2.24, 2.45) is 0 Å². The molecule has 1 amide bonds. The van der Waals surface area contributed by atoms with Gasteiger partial charge in [0.05, 0.1) is 19.1 Å². The molecule has 0 aliphatic carbocycles. The Bertz CT molecular complexity index is 839. The van der Waals surface area contributed by atoms with Crippen LogP contribution in [0.1, 0.15) is 24.5 Å². The zero-order valence-corrected chi connectivity index (χ0v) is 15.4. The molecule has 2 rings (SSSR count). The first-order valence-electron chi connectivity index (χ1n) is 8.30. The number of benzene rings is 2. The second-order valence-electron chi connectivity index (χ2n) is 6.41. The van der Waals surface area contributed by atoms with E-state index in [0.717, 1.165) is 5.56 Å². The van der Waals surface area contributed by atoms with Crippen LogP contribution in [0, 0.1) is 12.7 Å². The summed E-state index contributed by atoms with van der Waals surface area (Å²) >= 11 is 0. The molecule has 1 unspecified atom stereocenters. The van der Waals surface area contributed by atoms with E-state index in [2.05, 4.69) is 5.32 Å². The van der Waals surface area contributed by atoms with Crippen molar-refractivity contribution in [3.63, 3.8) is 0 Å². The molecule has 1 atom stereocenters. The van der Waals surface area contributed by atoms with Crippen molar-refractivity contribution in [2.75, 3.05) is 13.7 Å². The first-order chi connectivity index (χ1) is 12.7. The Labute approximate surface area is 156 Å². The number of amides is 1. The van der Waals surface area contributed by atoms with Crippen molar-refractivity contribution in [2.45, 2.75) is 25.8 Å². The monoisotopic (exact) mass is 375 g/mol. The number of nitrogens with one attached hydrogen (secondary N) is 1. The quantitative estimate of drug-likeness (QED) is 0.741. The highest BCUT2D eigenvalue weighted by molar-refractivity contribution is 5.80. The maximum atomic E-state index is 13.7. The molecule has 0 aliphatic heterocycles. The van der Waals surface area contributed by atoms with Crippen molar-refractivity contribution in [1.82, 2.24) is 5.32 Å². The number of methoxy groups -OCH3 is 1. The largest absolute Gasteiger partial charge is 0.497 e. The molecule has 0 saturated heterocycles. The van der Waals surface area contributed by atoms with E-state index in [-0.39, 0.29) is 12.2 Å². The molecule has 0 aromatic heterocycles. The minimum absolute atomic E-state index is 0.0357. The molecular weight excluding hydrogens is 353 g/mol. The third kappa shape index (κ3) is 5.44. The molecule has 0 radical (unpaired) electrons. The second-order valence-corrected chi connectivity index (χ2v) is 6.41. The molecule has 2 N–H and O–H groups in total. The van der Waals surface area contributed by atoms with Crippen molar-refractivity contribution < 1.29 is 28.6 Å². The summed E-state index contributed by atoms with van der Waals surface area (Å²) < 4.78 is 24.1. The van der Waals surface area contributed by atoms with Crippen molar-refractivity contribution in [3.8, 4) is 11.5 Å². The van der Waals surface area contributed by atoms with Crippen LogP contribution in [0.25, 0.3) is 0 Å². The number of hydrogen-bond acceptors (Lipinski definition) is 4. The summed E-state index contributed by atoms with van der Waals surface area (Å²) in [6.07, 6.45) is -0.343. The van der Waals surface area contributed by atoms with E-state index < -0.39 is 29.8 Å². The minimum atomic E-state index is -1.19. The first kappa shape index (κ1) is 20.2. The van der Waals surface area contributed by atoms with Gasteiger partial charge in [-0.05, 0) is 49.2 Å². The topological polar surface area (TPSA) is 84.9 Å². The third-order valence-electron chi connectivity index (χ3n) is 4.07. The molecule has 0 aliphatic rings. The van der Waals surface area contributed by atoms with Gasteiger partial charge in [-0.3, -0.25) is 9.59 Å². The number of hydrogen-bond donors (Lipinski definition) is 2. The summed E-state index contributed by atoms with van der Waals surface area (Å²) in [7, 11) is 1.50. The summed E-state index contributed by atoms with van der Waals surface area (Å²) in [5, 5.41) is 11.9. The lowest BCUT2D eigenvalue weighted by Gasteiger charge is -2.30. The first-order valence-corrected chi connectivity index (χ1v) is 8.30. The van der Waals surface area contributed by atoms with Crippen molar-refractivity contribution in [1.29, 1.82) is 0 Å². The Hall–Kier alpha value is -3.09. The molecule has 0 fully saturated rings. The van der Waals surface area contributed by atoms with Gasteiger partial charge in [0, 0.05) is 0 Å². The number of aryl methyl sites for hydroxylation is 1. The van der Waals surface area contributed by atoms with Crippen LogP contribution < -0.4 is 14.8 Å². The average molecular weight is 375 g/mol. The summed E-state index contributed by atoms with van der Waals surface area (Å²) in [6.45, 7) is 2.93. The summed E-state index contributed by atoms with van der Waals surface area (Å²) in [5.41, 5.74) is 0.171. The predicted molar refractivity (Wildman–Crippen MR) is 97.4 cm³/mol. The van der Waals surface area contributed by atoms with E-state index in [4.69, 9.17) is 9.47 Å². The van der Waals surface area contributed by atoms with Crippen LogP contribution in [0.15, 0.2) is 42.5 Å². The molecule has 0 bridgehead atoms. The normalized spacial score (nSPS) is 12.7. The van der Waals surface area contributed by atoms with Crippen LogP contribution in [-0.2, 0) is 15.1 Å². The number of carboxylic acid groups (broad SMARTS) is 1. The minimum Gasteiger partial charge on any atom is -0.497 e. The van der Waals surface area contributed by atoms with Crippen molar-refractivity contribution in [3.05, 3.63) is 59.4 Å². The van der Waals surface area contributed by atoms with Crippen LogP contribution >= 0.6 is 0 Å². The van der Waals surface area contributed by atoms with E-state index in [1.807, 2.05) is 0 Å². The molecule has 7 heteroatoms. The highest BCUT2D eigenvalue weighted by Crippen LogP contribution is 2.28. The molecule has 0 saturated carbocycles. The Balaban J connectivity index is 2.16. The van der Waals surface area contributed by atoms with Crippen LogP contribution in [0.4, 0.5) is 4.39 Å². The summed E-state index contributed by atoms with van der Waals surface area (Å²) in [6, 6.07) is 11.1. The highest BCUT2D eigenvalue weighted by atomic mass is 19.1. The van der Waals surface area contributed by atoms with Gasteiger partial charge in [-0.1, -0.05) is 18.2 Å². The molecule has 6 nitrogen and oxygen atoms in total. The number of carbonyl (C=O) groups is 2. The van der Waals surface area contributed by atoms with E-state index >= 15 is 0 Å². The highest BCUT2D eigenvalue weighted by Gasteiger charge is 2.32. The maximum absolute atomic E-state index is 13.7. The molecule has 27 heavy (non-hydrogen) atoms. The zero-order chi connectivity index (χ0) is 20.0. The predicted octanol–water partition coefficient (Wildman–Crippen LogP) is 3.03. The van der Waals surface area contributed by atoms with Crippen LogP contribution in [-0.4, -0.2) is 30.7 Å². The fraction of sp³-hybridized carbons (Fsp3) is 0.300. The van der Waals surface area contributed by atoms with Crippen molar-refractivity contribution >= 4 is 11.9 Å². The lowest BCUT2D eigenvalue weighted by atomic mass is 9.88. The number of rotatable bonds is 8. The van der Waals surface area contributed by atoms with Gasteiger partial charge in [-0.25, -0.2) is 4.39 Å².